The fraction of sp³-hybridized carbons (Fsp3) is 0.600. The summed E-state index contributed by atoms with van der Waals surface area (Å²) >= 11 is 1.57. The first-order valence-corrected chi connectivity index (χ1v) is 12.4. The minimum absolute atomic E-state index is 0.0857. The first-order valence-electron chi connectivity index (χ1n) is 11.6. The Morgan fingerprint density at radius 1 is 1.20 bits per heavy atom. The summed E-state index contributed by atoms with van der Waals surface area (Å²) in [5.41, 5.74) is 4.46. The number of rotatable bonds is 9. The molecule has 0 spiro atoms. The van der Waals surface area contributed by atoms with E-state index < -0.39 is 0 Å². The van der Waals surface area contributed by atoms with Gasteiger partial charge in [0.05, 0.1) is 16.6 Å². The number of nitrogens with zero attached hydrogens (tertiary/aromatic N) is 1. The van der Waals surface area contributed by atoms with E-state index in [2.05, 4.69) is 42.7 Å². The fourth-order valence-corrected chi connectivity index (χ4v) is 5.59. The van der Waals surface area contributed by atoms with Gasteiger partial charge in [0.15, 0.2) is 5.78 Å². The lowest BCUT2D eigenvalue weighted by Crippen LogP contribution is -2.47. The highest BCUT2D eigenvalue weighted by atomic mass is 32.1. The highest BCUT2D eigenvalue weighted by molar-refractivity contribution is 7.17. The maximum atomic E-state index is 13.6. The molecule has 1 aliphatic heterocycles. The van der Waals surface area contributed by atoms with Crippen molar-refractivity contribution < 1.29 is 4.79 Å². The van der Waals surface area contributed by atoms with Gasteiger partial charge in [-0.25, -0.2) is 4.98 Å². The summed E-state index contributed by atoms with van der Waals surface area (Å²) < 4.78 is 0. The molecule has 1 aromatic carbocycles. The van der Waals surface area contributed by atoms with Crippen LogP contribution in [0.2, 0.25) is 0 Å². The van der Waals surface area contributed by atoms with Crippen molar-refractivity contribution in [2.75, 3.05) is 13.1 Å². The van der Waals surface area contributed by atoms with Gasteiger partial charge in [-0.15, -0.1) is 11.3 Å². The Kier molecular flexibility index (Phi) is 7.01. The van der Waals surface area contributed by atoms with Crippen molar-refractivity contribution in [1.29, 1.82) is 0 Å². The van der Waals surface area contributed by atoms with E-state index in [1.807, 2.05) is 6.92 Å². The summed E-state index contributed by atoms with van der Waals surface area (Å²) in [4.78, 5) is 19.3. The van der Waals surface area contributed by atoms with Gasteiger partial charge in [0.1, 0.15) is 5.01 Å². The second-order valence-electron chi connectivity index (χ2n) is 9.23. The smallest absolute Gasteiger partial charge is 0.191 e. The monoisotopic (exact) mass is 425 g/mol. The molecule has 30 heavy (non-hydrogen) atoms. The van der Waals surface area contributed by atoms with E-state index in [-0.39, 0.29) is 11.8 Å². The molecule has 1 aromatic heterocycles. The molecular formula is C25H35N3OS. The number of hydrogen-bond donors (Lipinski definition) is 2. The molecule has 0 radical (unpaired) electrons. The minimum atomic E-state index is -0.0857. The third-order valence-corrected chi connectivity index (χ3v) is 7.74. The summed E-state index contributed by atoms with van der Waals surface area (Å²) in [5, 5.41) is 8.13. The lowest BCUT2D eigenvalue weighted by molar-refractivity contribution is 0.0927. The molecule has 2 fully saturated rings. The highest BCUT2D eigenvalue weighted by Gasteiger charge is 2.29. The second kappa shape index (κ2) is 9.71. The van der Waals surface area contributed by atoms with Crippen LogP contribution in [0, 0.1) is 26.7 Å². The number of piperidine rings is 1. The molecule has 1 atom stereocenters. The summed E-state index contributed by atoms with van der Waals surface area (Å²) in [7, 11) is 0. The molecule has 1 saturated carbocycles. The molecule has 2 N–H and O–H groups in total. The molecule has 2 aromatic rings. The van der Waals surface area contributed by atoms with Gasteiger partial charge in [0, 0.05) is 11.6 Å². The Bertz CT molecular complexity index is 881. The Hall–Kier alpha value is -1.56. The van der Waals surface area contributed by atoms with Gasteiger partial charge >= 0.3 is 0 Å². The minimum Gasteiger partial charge on any atom is -0.317 e. The number of Topliss-reactive ketones (excluding diaryl/α,β-unsaturated/α-hetero) is 1. The van der Waals surface area contributed by atoms with Gasteiger partial charge in [-0.1, -0.05) is 43.4 Å². The average Bonchev–Trinajstić information content (AvgIpc) is 3.49. The van der Waals surface area contributed by atoms with E-state index in [1.54, 1.807) is 11.3 Å². The standard InChI is InChI=1S/C25H35N3OS/c1-16-7-8-17(2)21(15-16)25-27-18(3)24(30-25)23(29)22(6-4-5-19-9-10-19)28-20-11-13-26-14-12-20/h7-8,15,19-20,22,26,28H,4-6,9-14H2,1-3H3. The molecule has 4 nitrogen and oxygen atoms in total. The van der Waals surface area contributed by atoms with Gasteiger partial charge in [0.25, 0.3) is 0 Å². The zero-order chi connectivity index (χ0) is 21.1. The number of benzene rings is 1. The van der Waals surface area contributed by atoms with E-state index in [4.69, 9.17) is 4.98 Å². The molecule has 1 unspecified atom stereocenters. The van der Waals surface area contributed by atoms with E-state index in [0.717, 1.165) is 65.8 Å². The molecular weight excluding hydrogens is 390 g/mol. The highest BCUT2D eigenvalue weighted by Crippen LogP contribution is 2.35. The van der Waals surface area contributed by atoms with Gasteiger partial charge in [-0.05, 0) is 70.7 Å². The van der Waals surface area contributed by atoms with E-state index in [0.29, 0.717) is 6.04 Å². The molecule has 2 heterocycles. The van der Waals surface area contributed by atoms with Crippen LogP contribution in [0.3, 0.4) is 0 Å². The fourth-order valence-electron chi connectivity index (χ4n) is 4.45. The normalized spacial score (nSPS) is 18.5. The van der Waals surface area contributed by atoms with Crippen molar-refractivity contribution in [1.82, 2.24) is 15.6 Å². The predicted octanol–water partition coefficient (Wildman–Crippen LogP) is 5.21. The van der Waals surface area contributed by atoms with Crippen LogP contribution in [0.5, 0.6) is 0 Å². The van der Waals surface area contributed by atoms with Crippen LogP contribution in [-0.2, 0) is 0 Å². The van der Waals surface area contributed by atoms with Crippen LogP contribution >= 0.6 is 11.3 Å². The van der Waals surface area contributed by atoms with Crippen molar-refractivity contribution in [3.05, 3.63) is 39.9 Å². The van der Waals surface area contributed by atoms with Crippen LogP contribution in [-0.4, -0.2) is 35.9 Å². The number of carbonyl (C=O) groups excluding carboxylic acids is 1. The largest absolute Gasteiger partial charge is 0.317 e. The molecule has 0 amide bonds. The Balaban J connectivity index is 1.53. The molecule has 1 aliphatic carbocycles. The molecule has 1 saturated heterocycles. The van der Waals surface area contributed by atoms with Crippen LogP contribution in [0.25, 0.3) is 10.6 Å². The number of aromatic nitrogens is 1. The Labute approximate surface area is 184 Å². The van der Waals surface area contributed by atoms with Crippen molar-refractivity contribution in [2.45, 2.75) is 77.8 Å². The number of hydrogen-bond acceptors (Lipinski definition) is 5. The van der Waals surface area contributed by atoms with Crippen LogP contribution in [0.4, 0.5) is 0 Å². The maximum Gasteiger partial charge on any atom is 0.191 e. The molecule has 162 valence electrons. The number of nitrogens with one attached hydrogen (secondary N) is 2. The van der Waals surface area contributed by atoms with E-state index in [9.17, 15) is 4.79 Å². The van der Waals surface area contributed by atoms with Gasteiger partial charge in [-0.2, -0.15) is 0 Å². The number of thiazole rings is 1. The number of carbonyl (C=O) groups is 1. The SMILES string of the molecule is Cc1ccc(C)c(-c2nc(C)c(C(=O)C(CCCC3CC3)NC3CCNCC3)s2)c1. The third kappa shape index (κ3) is 5.37. The first kappa shape index (κ1) is 21.7. The molecule has 5 heteroatoms. The van der Waals surface area contributed by atoms with Crippen LogP contribution in [0.1, 0.15) is 71.4 Å². The van der Waals surface area contributed by atoms with Crippen LogP contribution in [0.15, 0.2) is 18.2 Å². The van der Waals surface area contributed by atoms with Crippen molar-refractivity contribution in [3.8, 4) is 10.6 Å². The molecule has 2 aliphatic rings. The first-order chi connectivity index (χ1) is 14.5. The van der Waals surface area contributed by atoms with E-state index in [1.165, 1.54) is 30.4 Å². The van der Waals surface area contributed by atoms with Crippen molar-refractivity contribution in [3.63, 3.8) is 0 Å². The summed E-state index contributed by atoms with van der Waals surface area (Å²) in [6.07, 6.45) is 8.31. The van der Waals surface area contributed by atoms with Gasteiger partial charge in [0.2, 0.25) is 0 Å². The lowest BCUT2D eigenvalue weighted by atomic mass is 9.98. The topological polar surface area (TPSA) is 54.0 Å². The Morgan fingerprint density at radius 2 is 1.97 bits per heavy atom. The van der Waals surface area contributed by atoms with Gasteiger partial charge < -0.3 is 10.6 Å². The molecule has 0 bridgehead atoms. The zero-order valence-corrected chi connectivity index (χ0v) is 19.4. The number of ketones is 1. The summed E-state index contributed by atoms with van der Waals surface area (Å²) in [5.74, 6) is 1.16. The average molecular weight is 426 g/mol. The summed E-state index contributed by atoms with van der Waals surface area (Å²) in [6, 6.07) is 6.81. The predicted molar refractivity (Wildman–Crippen MR) is 125 cm³/mol. The molecule has 4 rings (SSSR count). The van der Waals surface area contributed by atoms with Crippen molar-refractivity contribution in [2.24, 2.45) is 5.92 Å². The maximum absolute atomic E-state index is 13.6. The Morgan fingerprint density at radius 3 is 2.70 bits per heavy atom. The van der Waals surface area contributed by atoms with Crippen LogP contribution < -0.4 is 10.6 Å². The quantitative estimate of drug-likeness (QED) is 0.542. The number of aryl methyl sites for hydroxylation is 3. The third-order valence-electron chi connectivity index (χ3n) is 6.54. The van der Waals surface area contributed by atoms with Crippen molar-refractivity contribution >= 4 is 17.1 Å². The van der Waals surface area contributed by atoms with E-state index >= 15 is 0 Å². The lowest BCUT2D eigenvalue weighted by Gasteiger charge is -2.28. The summed E-state index contributed by atoms with van der Waals surface area (Å²) in [6.45, 7) is 8.29. The zero-order valence-electron chi connectivity index (χ0n) is 18.6. The second-order valence-corrected chi connectivity index (χ2v) is 10.2. The van der Waals surface area contributed by atoms with Gasteiger partial charge in [-0.3, -0.25) is 4.79 Å².